The van der Waals surface area contributed by atoms with Crippen molar-refractivity contribution in [1.82, 2.24) is 4.98 Å². The molecule has 0 bridgehead atoms. The van der Waals surface area contributed by atoms with E-state index in [0.717, 1.165) is 9.52 Å². The number of halogens is 3. The van der Waals surface area contributed by atoms with Gasteiger partial charge in [-0.05, 0) is 0 Å². The molecule has 0 saturated heterocycles. The van der Waals surface area contributed by atoms with Crippen LogP contribution in [-0.4, -0.2) is 4.98 Å². The van der Waals surface area contributed by atoms with Crippen molar-refractivity contribution in [3.8, 4) is 0 Å². The van der Waals surface area contributed by atoms with E-state index < -0.39 is 0 Å². The van der Waals surface area contributed by atoms with E-state index in [-0.39, 0.29) is 37.2 Å². The van der Waals surface area contributed by atoms with Crippen molar-refractivity contribution in [3.05, 3.63) is 36.4 Å². The quantitative estimate of drug-likeness (QED) is 0.678. The third-order valence-electron chi connectivity index (χ3n) is 1.60. The van der Waals surface area contributed by atoms with E-state index in [2.05, 4.69) is 17.1 Å². The fraction of sp³-hybridized carbons (Fsp3) is 0. The molecule has 1 aromatic heterocycles. The van der Waals surface area contributed by atoms with E-state index in [4.69, 9.17) is 0 Å². The normalized spacial score (nSPS) is 7.93. The molecule has 1 aromatic carbocycles. The van der Waals surface area contributed by atoms with Gasteiger partial charge in [0.05, 0.1) is 0 Å². The van der Waals surface area contributed by atoms with Crippen LogP contribution >= 0.6 is 37.2 Å². The Kier molecular flexibility index (Phi) is 8.91. The number of hydrogen-bond acceptors (Lipinski definition) is 1. The minimum absolute atomic E-state index is 0. The molecule has 5 heteroatoms. The molecule has 0 atom stereocenters. The molecule has 2 rings (SSSR count). The number of aromatic nitrogens is 1. The van der Waals surface area contributed by atoms with Crippen molar-refractivity contribution < 1.29 is 20.4 Å². The molecular weight excluding hydrogens is 276 g/mol. The maximum absolute atomic E-state index is 4.38. The van der Waals surface area contributed by atoms with Crippen molar-refractivity contribution in [2.24, 2.45) is 0 Å². The zero-order valence-corrected chi connectivity index (χ0v) is 11.1. The van der Waals surface area contributed by atoms with Crippen LogP contribution < -0.4 is 4.00 Å². The second-order valence-corrected chi connectivity index (χ2v) is 3.19. The van der Waals surface area contributed by atoms with Crippen molar-refractivity contribution >= 4 is 52.1 Å². The van der Waals surface area contributed by atoms with E-state index in [1.165, 1.54) is 5.39 Å². The molecule has 2 aromatic rings. The molecule has 0 unspecified atom stereocenters. The first-order valence-corrected chi connectivity index (χ1v) is 4.22. The first kappa shape index (κ1) is 16.6. The fourth-order valence-corrected chi connectivity index (χ4v) is 1.38. The Morgan fingerprint density at radius 3 is 2.21 bits per heavy atom. The summed E-state index contributed by atoms with van der Waals surface area (Å²) in [6.07, 6.45) is 0. The van der Waals surface area contributed by atoms with E-state index in [1.807, 2.05) is 44.7 Å². The van der Waals surface area contributed by atoms with Gasteiger partial charge in [0.1, 0.15) is 0 Å². The third-order valence-corrected chi connectivity index (χ3v) is 2.03. The van der Waals surface area contributed by atoms with Crippen molar-refractivity contribution in [2.45, 2.75) is 0 Å². The van der Waals surface area contributed by atoms with Gasteiger partial charge in [0.25, 0.3) is 0 Å². The van der Waals surface area contributed by atoms with Crippen LogP contribution in [-0.2, 0) is 20.4 Å². The maximum atomic E-state index is 4.38. The van der Waals surface area contributed by atoms with Crippen molar-refractivity contribution in [3.63, 3.8) is 0 Å². The van der Waals surface area contributed by atoms with Gasteiger partial charge in [-0.3, -0.25) is 0 Å². The summed E-state index contributed by atoms with van der Waals surface area (Å²) in [5, 5.41) is 1.21. The van der Waals surface area contributed by atoms with E-state index >= 15 is 0 Å². The van der Waals surface area contributed by atoms with Gasteiger partial charge in [-0.25, -0.2) is 0 Å². The van der Waals surface area contributed by atoms with Crippen LogP contribution in [0.4, 0.5) is 0 Å². The average molecular weight is 285 g/mol. The Morgan fingerprint density at radius 1 is 0.857 bits per heavy atom. The molecule has 1 nitrogen and oxygen atoms in total. The number of rotatable bonds is 0. The summed E-state index contributed by atoms with van der Waals surface area (Å²) in [6, 6.07) is 12.3. The van der Waals surface area contributed by atoms with Crippen LogP contribution in [0.15, 0.2) is 36.4 Å². The van der Waals surface area contributed by atoms with Gasteiger partial charge in [-0.2, -0.15) is 0 Å². The molecule has 0 aliphatic rings. The SMILES string of the molecule is Cl.Cl.Cl.[Ti][c]1ccc2ccccc2n1. The monoisotopic (exact) mass is 284 g/mol. The number of hydrogen-bond donors (Lipinski definition) is 0. The summed E-state index contributed by atoms with van der Waals surface area (Å²) in [5.41, 5.74) is 1.08. The number of pyridine rings is 1. The summed E-state index contributed by atoms with van der Waals surface area (Å²) in [6.45, 7) is 0. The second-order valence-electron chi connectivity index (χ2n) is 2.39. The summed E-state index contributed by atoms with van der Waals surface area (Å²) in [5.74, 6) is 0. The van der Waals surface area contributed by atoms with Crippen LogP contribution in [0.3, 0.4) is 0 Å². The Morgan fingerprint density at radius 2 is 1.50 bits per heavy atom. The van der Waals surface area contributed by atoms with Crippen LogP contribution in [0.25, 0.3) is 10.9 Å². The first-order valence-electron chi connectivity index (χ1n) is 3.44. The van der Waals surface area contributed by atoms with Crippen LogP contribution in [0.1, 0.15) is 0 Å². The Hall–Kier alpha value is 0.214. The summed E-state index contributed by atoms with van der Waals surface area (Å²) < 4.78 is 1.07. The Balaban J connectivity index is 0. The zero-order chi connectivity index (χ0) is 7.68. The predicted octanol–water partition coefficient (Wildman–Crippen LogP) is 2.67. The zero-order valence-electron chi connectivity index (χ0n) is 7.14. The van der Waals surface area contributed by atoms with Gasteiger partial charge < -0.3 is 0 Å². The molecule has 0 spiro atoms. The van der Waals surface area contributed by atoms with E-state index in [0.29, 0.717) is 0 Å². The standard InChI is InChI=1S/C9H6N.3ClH.Ti/c1-2-6-9-8(4-1)5-3-7-10-9;;;;/h1-6H;3*1H;. The fourth-order valence-electron chi connectivity index (χ4n) is 1.07. The summed E-state index contributed by atoms with van der Waals surface area (Å²) in [4.78, 5) is 4.38. The van der Waals surface area contributed by atoms with Crippen molar-refractivity contribution in [1.29, 1.82) is 0 Å². The molecule has 0 aliphatic heterocycles. The van der Waals surface area contributed by atoms with Crippen molar-refractivity contribution in [2.75, 3.05) is 0 Å². The predicted molar refractivity (Wildman–Crippen MR) is 63.1 cm³/mol. The van der Waals surface area contributed by atoms with Gasteiger partial charge in [0, 0.05) is 0 Å². The molecule has 0 saturated carbocycles. The molecule has 0 N–H and O–H groups in total. The first-order chi connectivity index (χ1) is 5.36. The van der Waals surface area contributed by atoms with Gasteiger partial charge in [0.2, 0.25) is 0 Å². The molecule has 75 valence electrons. The minimum atomic E-state index is 0. The van der Waals surface area contributed by atoms with Gasteiger partial charge >= 0.3 is 76.7 Å². The van der Waals surface area contributed by atoms with Crippen LogP contribution in [0, 0.1) is 0 Å². The molecule has 1 heterocycles. The second kappa shape index (κ2) is 7.50. The summed E-state index contributed by atoms with van der Waals surface area (Å²) >= 11 is 2.01. The third kappa shape index (κ3) is 3.76. The number of fused-ring (bicyclic) bond motifs is 1. The number of para-hydroxylation sites is 1. The molecule has 14 heavy (non-hydrogen) atoms. The van der Waals surface area contributed by atoms with E-state index in [1.54, 1.807) is 0 Å². The summed E-state index contributed by atoms with van der Waals surface area (Å²) in [7, 11) is 0. The number of nitrogens with zero attached hydrogens (tertiary/aromatic N) is 1. The molecule has 0 radical (unpaired) electrons. The molecular formula is C9H9Cl3NTi. The van der Waals surface area contributed by atoms with Crippen LogP contribution in [0.2, 0.25) is 0 Å². The number of benzene rings is 1. The van der Waals surface area contributed by atoms with E-state index in [9.17, 15) is 0 Å². The average Bonchev–Trinajstić information content (AvgIpc) is 2.04. The van der Waals surface area contributed by atoms with Gasteiger partial charge in [0.15, 0.2) is 0 Å². The Bertz CT molecular complexity index is 394. The van der Waals surface area contributed by atoms with Gasteiger partial charge in [-0.1, -0.05) is 0 Å². The van der Waals surface area contributed by atoms with Gasteiger partial charge in [-0.15, -0.1) is 37.2 Å². The van der Waals surface area contributed by atoms with Crippen LogP contribution in [0.5, 0.6) is 0 Å². The Labute approximate surface area is 113 Å². The molecule has 0 aliphatic carbocycles. The molecule has 0 fully saturated rings. The topological polar surface area (TPSA) is 12.9 Å². The molecule has 0 amide bonds.